The van der Waals surface area contributed by atoms with Crippen LogP contribution >= 0.6 is 0 Å². The molecule has 0 spiro atoms. The number of carbonyl (C=O) groups is 2. The van der Waals surface area contributed by atoms with Crippen molar-refractivity contribution >= 4 is 23.3 Å². The van der Waals surface area contributed by atoms with Gasteiger partial charge in [-0.15, -0.1) is 0 Å². The van der Waals surface area contributed by atoms with Gasteiger partial charge in [0, 0.05) is 0 Å². The quantitative estimate of drug-likeness (QED) is 0.119. The van der Waals surface area contributed by atoms with Gasteiger partial charge in [-0.25, -0.2) is 9.59 Å². The first-order valence-electron chi connectivity index (χ1n) is 7.96. The number of nitro benzene ring substituents is 2. The van der Waals surface area contributed by atoms with Crippen molar-refractivity contribution in [2.75, 3.05) is 14.2 Å². The summed E-state index contributed by atoms with van der Waals surface area (Å²) in [5.74, 6) is -3.32. The highest BCUT2D eigenvalue weighted by Gasteiger charge is 2.27. The lowest BCUT2D eigenvalue weighted by atomic mass is 10.2. The number of nitro groups is 2. The first-order chi connectivity index (χ1) is 14.2. The van der Waals surface area contributed by atoms with Crippen molar-refractivity contribution in [1.82, 2.24) is 0 Å². The summed E-state index contributed by atoms with van der Waals surface area (Å²) in [6, 6.07) is 6.84. The lowest BCUT2D eigenvalue weighted by Gasteiger charge is -2.09. The predicted molar refractivity (Wildman–Crippen MR) is 99.7 cm³/mol. The summed E-state index contributed by atoms with van der Waals surface area (Å²) in [5, 5.41) is 22.3. The zero-order valence-corrected chi connectivity index (χ0v) is 15.6. The van der Waals surface area contributed by atoms with Crippen LogP contribution in [-0.4, -0.2) is 36.0 Å². The molecule has 0 atom stereocenters. The molecule has 0 aliphatic heterocycles. The SMILES string of the molecule is C=C(C(=O)Oc1ccc(OC)cc1[N+](=O)[O-])C(=O)Oc1ccc(OC)cc1[N+](=O)[O-]. The Bertz CT molecular complexity index is 966. The molecule has 30 heavy (non-hydrogen) atoms. The van der Waals surface area contributed by atoms with Crippen LogP contribution < -0.4 is 18.9 Å². The van der Waals surface area contributed by atoms with E-state index >= 15 is 0 Å². The van der Waals surface area contributed by atoms with Crippen LogP contribution in [0.4, 0.5) is 11.4 Å². The minimum absolute atomic E-state index is 0.145. The molecule has 0 aliphatic carbocycles. The highest BCUT2D eigenvalue weighted by molar-refractivity contribution is 6.14. The molecule has 0 heterocycles. The highest BCUT2D eigenvalue weighted by Crippen LogP contribution is 2.33. The predicted octanol–water partition coefficient (Wildman–Crippen LogP) is 2.59. The van der Waals surface area contributed by atoms with E-state index in [1.165, 1.54) is 26.4 Å². The van der Waals surface area contributed by atoms with E-state index < -0.39 is 50.2 Å². The maximum atomic E-state index is 12.2. The van der Waals surface area contributed by atoms with Crippen molar-refractivity contribution in [3.8, 4) is 23.0 Å². The van der Waals surface area contributed by atoms with E-state index in [-0.39, 0.29) is 11.5 Å². The number of benzene rings is 2. The zero-order chi connectivity index (χ0) is 22.4. The first kappa shape index (κ1) is 21.8. The molecule has 156 valence electrons. The topological polar surface area (TPSA) is 157 Å². The Kier molecular flexibility index (Phi) is 6.65. The molecule has 12 nitrogen and oxygen atoms in total. The third kappa shape index (κ3) is 4.86. The van der Waals surface area contributed by atoms with Crippen molar-refractivity contribution in [2.45, 2.75) is 0 Å². The zero-order valence-electron chi connectivity index (χ0n) is 15.6. The summed E-state index contributed by atoms with van der Waals surface area (Å²) >= 11 is 0. The molecule has 0 fully saturated rings. The normalized spacial score (nSPS) is 9.93. The number of methoxy groups -OCH3 is 2. The van der Waals surface area contributed by atoms with E-state index in [1.54, 1.807) is 0 Å². The van der Waals surface area contributed by atoms with Crippen LogP contribution in [0.5, 0.6) is 23.0 Å². The number of rotatable bonds is 8. The van der Waals surface area contributed by atoms with Gasteiger partial charge in [0.25, 0.3) is 0 Å². The number of carbonyl (C=O) groups excluding carboxylic acids is 2. The lowest BCUT2D eigenvalue weighted by Crippen LogP contribution is -2.22. The van der Waals surface area contributed by atoms with Crippen LogP contribution in [0, 0.1) is 20.2 Å². The van der Waals surface area contributed by atoms with Gasteiger partial charge in [-0.3, -0.25) is 20.2 Å². The number of hydrogen-bond donors (Lipinski definition) is 0. The Labute approximate surface area is 168 Å². The molecule has 0 aliphatic rings. The molecular weight excluding hydrogens is 404 g/mol. The number of ether oxygens (including phenoxy) is 4. The van der Waals surface area contributed by atoms with Gasteiger partial charge in [0.05, 0.1) is 36.2 Å². The van der Waals surface area contributed by atoms with E-state index in [9.17, 15) is 29.8 Å². The van der Waals surface area contributed by atoms with E-state index in [4.69, 9.17) is 18.9 Å². The van der Waals surface area contributed by atoms with Gasteiger partial charge >= 0.3 is 23.3 Å². The Morgan fingerprint density at radius 3 is 1.47 bits per heavy atom. The highest BCUT2D eigenvalue weighted by atomic mass is 16.6. The number of nitrogens with zero attached hydrogens (tertiary/aromatic N) is 2. The molecule has 0 amide bonds. The lowest BCUT2D eigenvalue weighted by molar-refractivity contribution is -0.385. The summed E-state index contributed by atoms with van der Waals surface area (Å²) < 4.78 is 19.4. The number of hydrogen-bond acceptors (Lipinski definition) is 10. The van der Waals surface area contributed by atoms with Crippen molar-refractivity contribution in [1.29, 1.82) is 0 Å². The Balaban J connectivity index is 2.20. The van der Waals surface area contributed by atoms with Crippen LogP contribution in [0.3, 0.4) is 0 Å². The van der Waals surface area contributed by atoms with E-state index in [0.717, 1.165) is 24.3 Å². The molecule has 0 saturated carbocycles. The van der Waals surface area contributed by atoms with E-state index in [2.05, 4.69) is 6.58 Å². The van der Waals surface area contributed by atoms with Crippen molar-refractivity contribution < 1.29 is 38.4 Å². The molecule has 0 saturated heterocycles. The van der Waals surface area contributed by atoms with Crippen molar-refractivity contribution in [3.05, 3.63) is 68.8 Å². The maximum Gasteiger partial charge on any atom is 0.350 e. The summed E-state index contributed by atoms with van der Waals surface area (Å²) in [6.45, 7) is 3.23. The standard InChI is InChI=1S/C18H14N2O10/c1-10(17(21)29-15-6-4-11(27-2)8-13(15)19(23)24)18(22)30-16-7-5-12(28-3)9-14(16)20(25)26/h4-9H,1H2,2-3H3. The summed E-state index contributed by atoms with van der Waals surface area (Å²) in [7, 11) is 2.59. The van der Waals surface area contributed by atoms with E-state index in [1.807, 2.05) is 0 Å². The molecule has 0 radical (unpaired) electrons. The van der Waals surface area contributed by atoms with Crippen molar-refractivity contribution in [2.24, 2.45) is 0 Å². The molecule has 0 bridgehead atoms. The molecule has 2 aromatic carbocycles. The molecule has 0 N–H and O–H groups in total. The van der Waals surface area contributed by atoms with Gasteiger partial charge in [-0.1, -0.05) is 6.58 Å². The fourth-order valence-corrected chi connectivity index (χ4v) is 2.11. The minimum Gasteiger partial charge on any atom is -0.496 e. The second-order valence-electron chi connectivity index (χ2n) is 5.44. The van der Waals surface area contributed by atoms with E-state index in [0.29, 0.717) is 0 Å². The second kappa shape index (κ2) is 9.14. The average Bonchev–Trinajstić information content (AvgIpc) is 2.73. The summed E-state index contributed by atoms with van der Waals surface area (Å²) in [6.07, 6.45) is 0. The van der Waals surface area contributed by atoms with Gasteiger partial charge in [0.1, 0.15) is 17.1 Å². The van der Waals surface area contributed by atoms with Crippen molar-refractivity contribution in [3.63, 3.8) is 0 Å². The molecule has 0 aromatic heterocycles. The van der Waals surface area contributed by atoms with Gasteiger partial charge < -0.3 is 18.9 Å². The van der Waals surface area contributed by atoms with Gasteiger partial charge in [0.15, 0.2) is 0 Å². The van der Waals surface area contributed by atoms with Gasteiger partial charge in [-0.05, 0) is 24.3 Å². The van der Waals surface area contributed by atoms with Crippen LogP contribution in [0.15, 0.2) is 48.6 Å². The average molecular weight is 418 g/mol. The Morgan fingerprint density at radius 2 is 1.17 bits per heavy atom. The first-order valence-corrected chi connectivity index (χ1v) is 7.96. The molecular formula is C18H14N2O10. The molecule has 0 unspecified atom stereocenters. The summed E-state index contributed by atoms with van der Waals surface area (Å²) in [5.41, 5.74) is -2.02. The third-order valence-corrected chi connectivity index (χ3v) is 3.62. The fraction of sp³-hybridized carbons (Fsp3) is 0.111. The third-order valence-electron chi connectivity index (χ3n) is 3.62. The van der Waals surface area contributed by atoms with Crippen LogP contribution in [0.1, 0.15) is 0 Å². The van der Waals surface area contributed by atoms with Gasteiger partial charge in [0.2, 0.25) is 11.5 Å². The second-order valence-corrected chi connectivity index (χ2v) is 5.44. The Hall–Kier alpha value is -4.48. The van der Waals surface area contributed by atoms with Crippen LogP contribution in [0.25, 0.3) is 0 Å². The van der Waals surface area contributed by atoms with Gasteiger partial charge in [-0.2, -0.15) is 0 Å². The molecule has 2 aromatic rings. The maximum absolute atomic E-state index is 12.2. The van der Waals surface area contributed by atoms with Crippen LogP contribution in [0.2, 0.25) is 0 Å². The smallest absolute Gasteiger partial charge is 0.350 e. The summed E-state index contributed by atoms with van der Waals surface area (Å²) in [4.78, 5) is 45.0. The van der Waals surface area contributed by atoms with Crippen LogP contribution in [-0.2, 0) is 9.59 Å². The molecule has 2 rings (SSSR count). The fourth-order valence-electron chi connectivity index (χ4n) is 2.11. The largest absolute Gasteiger partial charge is 0.496 e. The molecule has 12 heteroatoms. The number of esters is 2. The Morgan fingerprint density at radius 1 is 0.800 bits per heavy atom. The minimum atomic E-state index is -1.34. The monoisotopic (exact) mass is 418 g/mol.